The summed E-state index contributed by atoms with van der Waals surface area (Å²) in [5.74, 6) is 0. The van der Waals surface area contributed by atoms with Crippen molar-refractivity contribution < 1.29 is 4.79 Å². The van der Waals surface area contributed by atoms with Gasteiger partial charge in [0.2, 0.25) is 0 Å². The van der Waals surface area contributed by atoms with Gasteiger partial charge < -0.3 is 9.69 Å². The molecule has 1 atom stereocenters. The highest BCUT2D eigenvalue weighted by molar-refractivity contribution is 5.49. The van der Waals surface area contributed by atoms with Gasteiger partial charge in [0.05, 0.1) is 0 Å². The predicted molar refractivity (Wildman–Crippen MR) is 91.6 cm³/mol. The summed E-state index contributed by atoms with van der Waals surface area (Å²) in [5, 5.41) is 0. The molecule has 1 rings (SSSR count). The molecule has 0 bridgehead atoms. The lowest BCUT2D eigenvalue weighted by Gasteiger charge is -2.30. The van der Waals surface area contributed by atoms with Crippen LogP contribution in [0.15, 0.2) is 12.7 Å². The highest BCUT2D eigenvalue weighted by Gasteiger charge is 2.18. The number of hydrogen-bond donors (Lipinski definition) is 0. The molecule has 122 valence electrons. The van der Waals surface area contributed by atoms with Gasteiger partial charge in [-0.05, 0) is 51.6 Å². The molecule has 0 aliphatic carbocycles. The second-order valence-corrected chi connectivity index (χ2v) is 6.48. The Morgan fingerprint density at radius 2 is 1.52 bits per heavy atom. The normalized spacial score (nSPS) is 18.1. The first kappa shape index (κ1) is 18.4. The first-order chi connectivity index (χ1) is 10.4. The lowest BCUT2D eigenvalue weighted by atomic mass is 10.0. The number of unbranched alkanes of at least 4 members (excludes halogenated alkanes) is 5. The van der Waals surface area contributed by atoms with Gasteiger partial charge >= 0.3 is 0 Å². The number of nitrogens with zero attached hydrogens (tertiary/aromatic N) is 1. The van der Waals surface area contributed by atoms with Crippen LogP contribution in [-0.4, -0.2) is 30.3 Å². The van der Waals surface area contributed by atoms with Crippen LogP contribution in [0.5, 0.6) is 0 Å². The molecule has 0 amide bonds. The fraction of sp³-hybridized carbons (Fsp3) is 0.842. The number of likely N-dealkylation sites (tertiary alicyclic amines) is 1. The van der Waals surface area contributed by atoms with Crippen LogP contribution in [0.1, 0.15) is 83.5 Å². The van der Waals surface area contributed by atoms with Gasteiger partial charge in [0.1, 0.15) is 6.29 Å². The van der Waals surface area contributed by atoms with Crippen LogP contribution >= 0.6 is 0 Å². The molecule has 0 radical (unpaired) electrons. The zero-order valence-electron chi connectivity index (χ0n) is 13.9. The van der Waals surface area contributed by atoms with Crippen LogP contribution in [0.4, 0.5) is 0 Å². The summed E-state index contributed by atoms with van der Waals surface area (Å²) >= 11 is 0. The molecule has 0 aromatic heterocycles. The van der Waals surface area contributed by atoms with Crippen molar-refractivity contribution in [2.75, 3.05) is 13.1 Å². The molecule has 1 unspecified atom stereocenters. The Labute approximate surface area is 132 Å². The first-order valence-corrected chi connectivity index (χ1v) is 9.17. The number of carbonyl (C=O) groups is 1. The van der Waals surface area contributed by atoms with E-state index < -0.39 is 0 Å². The van der Waals surface area contributed by atoms with E-state index in [-0.39, 0.29) is 0 Å². The largest absolute Gasteiger partial charge is 0.303 e. The summed E-state index contributed by atoms with van der Waals surface area (Å²) in [6, 6.07) is 0.654. The van der Waals surface area contributed by atoms with E-state index >= 15 is 0 Å². The Kier molecular flexibility index (Phi) is 11.5. The summed E-state index contributed by atoms with van der Waals surface area (Å²) in [6.45, 7) is 6.28. The van der Waals surface area contributed by atoms with Crippen molar-refractivity contribution in [1.29, 1.82) is 0 Å². The molecule has 21 heavy (non-hydrogen) atoms. The zero-order valence-corrected chi connectivity index (χ0v) is 13.9. The third kappa shape index (κ3) is 9.08. The topological polar surface area (TPSA) is 20.3 Å². The molecule has 2 nitrogen and oxygen atoms in total. The van der Waals surface area contributed by atoms with Gasteiger partial charge in [0.15, 0.2) is 0 Å². The predicted octanol–water partition coefficient (Wildman–Crippen LogP) is 5.13. The zero-order chi connectivity index (χ0) is 15.2. The number of allylic oxidation sites excluding steroid dienone is 1. The van der Waals surface area contributed by atoms with Crippen LogP contribution in [0.25, 0.3) is 0 Å². The van der Waals surface area contributed by atoms with Gasteiger partial charge in [-0.3, -0.25) is 0 Å². The van der Waals surface area contributed by atoms with E-state index in [0.717, 1.165) is 25.5 Å². The van der Waals surface area contributed by atoms with Crippen LogP contribution in [-0.2, 0) is 4.79 Å². The molecule has 0 aromatic carbocycles. The number of rotatable bonds is 12. The van der Waals surface area contributed by atoms with E-state index in [0.29, 0.717) is 6.04 Å². The molecule has 0 spiro atoms. The van der Waals surface area contributed by atoms with Crippen LogP contribution in [0.3, 0.4) is 0 Å². The molecule has 1 aliphatic rings. The van der Waals surface area contributed by atoms with Crippen LogP contribution in [0, 0.1) is 0 Å². The van der Waals surface area contributed by atoms with Gasteiger partial charge in [0, 0.05) is 12.5 Å². The van der Waals surface area contributed by atoms with Crippen molar-refractivity contribution in [3.8, 4) is 0 Å². The maximum absolute atomic E-state index is 10.7. The summed E-state index contributed by atoms with van der Waals surface area (Å²) in [4.78, 5) is 13.4. The van der Waals surface area contributed by atoms with Crippen molar-refractivity contribution in [3.05, 3.63) is 12.7 Å². The minimum Gasteiger partial charge on any atom is -0.303 e. The molecular formula is C19H35NO. The Balaban J connectivity index is 2.21. The van der Waals surface area contributed by atoms with Crippen molar-refractivity contribution in [1.82, 2.24) is 4.90 Å². The molecule has 1 fully saturated rings. The molecular weight excluding hydrogens is 258 g/mol. The molecule has 0 aromatic rings. The van der Waals surface area contributed by atoms with Crippen molar-refractivity contribution in [2.24, 2.45) is 0 Å². The summed E-state index contributed by atoms with van der Waals surface area (Å²) < 4.78 is 0. The Bertz CT molecular complexity index is 256. The molecule has 1 heterocycles. The van der Waals surface area contributed by atoms with E-state index in [1.807, 2.05) is 6.08 Å². The third-order valence-electron chi connectivity index (χ3n) is 4.72. The summed E-state index contributed by atoms with van der Waals surface area (Å²) in [5.41, 5.74) is 0. The highest BCUT2D eigenvalue weighted by Crippen LogP contribution is 2.20. The number of carbonyl (C=O) groups excluding carboxylic acids is 1. The lowest BCUT2D eigenvalue weighted by Crippen LogP contribution is -2.36. The average Bonchev–Trinajstić information content (AvgIpc) is 2.78. The summed E-state index contributed by atoms with van der Waals surface area (Å²) in [7, 11) is 0. The highest BCUT2D eigenvalue weighted by atomic mass is 16.1. The van der Waals surface area contributed by atoms with Gasteiger partial charge in [-0.25, -0.2) is 0 Å². The van der Waals surface area contributed by atoms with Crippen LogP contribution in [0.2, 0.25) is 0 Å². The SMILES string of the molecule is C=CCCCCCCCC(CCC=O)N1CCCCCC1. The average molecular weight is 293 g/mol. The van der Waals surface area contributed by atoms with E-state index in [1.165, 1.54) is 77.3 Å². The van der Waals surface area contributed by atoms with Gasteiger partial charge in [-0.2, -0.15) is 0 Å². The third-order valence-corrected chi connectivity index (χ3v) is 4.72. The summed E-state index contributed by atoms with van der Waals surface area (Å²) in [6.07, 6.45) is 19.5. The Morgan fingerprint density at radius 3 is 2.19 bits per heavy atom. The van der Waals surface area contributed by atoms with Crippen molar-refractivity contribution >= 4 is 6.29 Å². The second-order valence-electron chi connectivity index (χ2n) is 6.48. The molecule has 0 saturated carbocycles. The molecule has 0 N–H and O–H groups in total. The molecule has 1 aliphatic heterocycles. The molecule has 2 heteroatoms. The van der Waals surface area contributed by atoms with Crippen molar-refractivity contribution in [3.63, 3.8) is 0 Å². The number of hydrogen-bond acceptors (Lipinski definition) is 2. The van der Waals surface area contributed by atoms with E-state index in [1.54, 1.807) is 0 Å². The van der Waals surface area contributed by atoms with Crippen molar-refractivity contribution in [2.45, 2.75) is 89.5 Å². The smallest absolute Gasteiger partial charge is 0.120 e. The first-order valence-electron chi connectivity index (χ1n) is 9.17. The lowest BCUT2D eigenvalue weighted by molar-refractivity contribution is -0.108. The monoisotopic (exact) mass is 293 g/mol. The maximum atomic E-state index is 10.7. The standard InChI is InChI=1S/C19H35NO/c1-2-3-4-5-6-7-10-14-19(15-13-18-21)20-16-11-8-9-12-17-20/h2,18-19H,1,3-17H2. The fourth-order valence-electron chi connectivity index (χ4n) is 3.43. The number of aldehydes is 1. The second kappa shape index (κ2) is 13.1. The quantitative estimate of drug-likeness (QED) is 0.282. The minimum absolute atomic E-state index is 0.654. The van der Waals surface area contributed by atoms with Gasteiger partial charge in [-0.15, -0.1) is 6.58 Å². The van der Waals surface area contributed by atoms with E-state index in [4.69, 9.17) is 0 Å². The fourth-order valence-corrected chi connectivity index (χ4v) is 3.43. The Hall–Kier alpha value is -0.630. The Morgan fingerprint density at radius 1 is 0.857 bits per heavy atom. The van der Waals surface area contributed by atoms with Gasteiger partial charge in [-0.1, -0.05) is 44.6 Å². The van der Waals surface area contributed by atoms with E-state index in [9.17, 15) is 4.79 Å². The van der Waals surface area contributed by atoms with Crippen LogP contribution < -0.4 is 0 Å². The maximum Gasteiger partial charge on any atom is 0.120 e. The molecule has 1 saturated heterocycles. The van der Waals surface area contributed by atoms with E-state index in [2.05, 4.69) is 11.5 Å². The minimum atomic E-state index is 0.654. The van der Waals surface area contributed by atoms with Gasteiger partial charge in [0.25, 0.3) is 0 Å².